The lowest BCUT2D eigenvalue weighted by Gasteiger charge is -2.26. The molecule has 10 heteroatoms. The van der Waals surface area contributed by atoms with Gasteiger partial charge in [0.05, 0.1) is 39.2 Å². The van der Waals surface area contributed by atoms with Crippen molar-refractivity contribution in [3.05, 3.63) is 63.0 Å². The van der Waals surface area contributed by atoms with E-state index in [0.717, 1.165) is 13.2 Å². The fourth-order valence-electron chi connectivity index (χ4n) is 3.24. The number of hydrogen-bond acceptors (Lipinski definition) is 7. The average molecular weight is 427 g/mol. The lowest BCUT2D eigenvalue weighted by Crippen LogP contribution is -2.35. The molecule has 0 aliphatic carbocycles. The Bertz CT molecular complexity index is 964. The van der Waals surface area contributed by atoms with Crippen LogP contribution in [0.25, 0.3) is 0 Å². The predicted molar refractivity (Wildman–Crippen MR) is 97.5 cm³/mol. The molecule has 30 heavy (non-hydrogen) atoms. The van der Waals surface area contributed by atoms with E-state index in [1.807, 2.05) is 4.90 Å². The van der Waals surface area contributed by atoms with Crippen LogP contribution in [0.4, 0.5) is 13.2 Å². The number of methoxy groups -OCH3 is 1. The van der Waals surface area contributed by atoms with E-state index < -0.39 is 46.9 Å². The van der Waals surface area contributed by atoms with Crippen LogP contribution in [-0.4, -0.2) is 49.4 Å². The topological polar surface area (TPSA) is 89.2 Å². The highest BCUT2D eigenvalue weighted by Gasteiger charge is 2.29. The minimum atomic E-state index is -1.68. The van der Waals surface area contributed by atoms with Gasteiger partial charge < -0.3 is 19.0 Å². The second kappa shape index (κ2) is 9.31. The number of ether oxygens (including phenoxy) is 2. The molecule has 2 heterocycles. The lowest BCUT2D eigenvalue weighted by atomic mass is 9.92. The number of carbonyl (C=O) groups is 1. The zero-order chi connectivity index (χ0) is 21.8. The van der Waals surface area contributed by atoms with E-state index in [2.05, 4.69) is 4.74 Å². The van der Waals surface area contributed by atoms with Gasteiger partial charge in [0, 0.05) is 19.2 Å². The third-order valence-electron chi connectivity index (χ3n) is 4.81. The first-order valence-electron chi connectivity index (χ1n) is 9.17. The van der Waals surface area contributed by atoms with Crippen LogP contribution in [0.15, 0.2) is 27.4 Å². The van der Waals surface area contributed by atoms with Gasteiger partial charge in [-0.15, -0.1) is 0 Å². The molecule has 0 radical (unpaired) electrons. The molecule has 0 bridgehead atoms. The maximum atomic E-state index is 13.8. The number of benzene rings is 1. The van der Waals surface area contributed by atoms with E-state index in [4.69, 9.17) is 9.15 Å². The lowest BCUT2D eigenvalue weighted by molar-refractivity contribution is -0.140. The van der Waals surface area contributed by atoms with E-state index >= 15 is 0 Å². The summed E-state index contributed by atoms with van der Waals surface area (Å²) in [6.45, 7) is 2.44. The highest BCUT2D eigenvalue weighted by Crippen LogP contribution is 2.34. The third kappa shape index (κ3) is 4.82. The van der Waals surface area contributed by atoms with Crippen molar-refractivity contribution in [2.24, 2.45) is 0 Å². The molecule has 0 amide bonds. The molecule has 1 saturated heterocycles. The fourth-order valence-corrected chi connectivity index (χ4v) is 3.24. The minimum Gasteiger partial charge on any atom is -0.502 e. The van der Waals surface area contributed by atoms with E-state index in [1.54, 1.807) is 0 Å². The number of hydrogen-bond donors (Lipinski definition) is 1. The molecule has 162 valence electrons. The molecule has 3 rings (SSSR count). The van der Waals surface area contributed by atoms with Crippen LogP contribution in [0.3, 0.4) is 0 Å². The maximum absolute atomic E-state index is 13.8. The highest BCUT2D eigenvalue weighted by atomic mass is 19.2. The Morgan fingerprint density at radius 3 is 2.43 bits per heavy atom. The Labute approximate surface area is 169 Å². The number of morpholine rings is 1. The van der Waals surface area contributed by atoms with Gasteiger partial charge in [-0.2, -0.15) is 0 Å². The van der Waals surface area contributed by atoms with Gasteiger partial charge in [-0.05, 0) is 17.7 Å². The van der Waals surface area contributed by atoms with Crippen molar-refractivity contribution in [1.29, 1.82) is 0 Å². The zero-order valence-corrected chi connectivity index (χ0v) is 16.1. The summed E-state index contributed by atoms with van der Waals surface area (Å²) >= 11 is 0. The molecule has 1 aliphatic heterocycles. The fraction of sp³-hybridized carbons (Fsp3) is 0.400. The third-order valence-corrected chi connectivity index (χ3v) is 4.81. The van der Waals surface area contributed by atoms with Gasteiger partial charge in [0.25, 0.3) is 0 Å². The van der Waals surface area contributed by atoms with Crippen LogP contribution in [0.5, 0.6) is 5.75 Å². The minimum absolute atomic E-state index is 0.188. The molecule has 0 unspecified atom stereocenters. The molecule has 0 saturated carbocycles. The Morgan fingerprint density at radius 2 is 1.83 bits per heavy atom. The number of carbonyl (C=O) groups excluding carboxylic acids is 1. The van der Waals surface area contributed by atoms with Crippen LogP contribution >= 0.6 is 0 Å². The van der Waals surface area contributed by atoms with Crippen molar-refractivity contribution in [3.63, 3.8) is 0 Å². The van der Waals surface area contributed by atoms with Crippen molar-refractivity contribution in [2.45, 2.75) is 18.9 Å². The standard InChI is InChI=1S/C20H20F3NO6/c1-28-17(26)9-13(11-6-14(21)18(23)15(22)7-11)20-19(27)16(25)8-12(30-20)10-24-2-4-29-5-3-24/h6-8,13,27H,2-5,9-10H2,1H3/t13-/m0/s1. The van der Waals surface area contributed by atoms with E-state index in [1.165, 1.54) is 0 Å². The zero-order valence-electron chi connectivity index (χ0n) is 16.1. The number of halogens is 3. The summed E-state index contributed by atoms with van der Waals surface area (Å²) in [4.78, 5) is 26.2. The van der Waals surface area contributed by atoms with E-state index in [-0.39, 0.29) is 23.6 Å². The molecule has 1 atom stereocenters. The number of nitrogens with zero attached hydrogens (tertiary/aromatic N) is 1. The molecule has 1 aromatic carbocycles. The Morgan fingerprint density at radius 1 is 1.20 bits per heavy atom. The predicted octanol–water partition coefficient (Wildman–Crippen LogP) is 2.29. The Kier molecular flexibility index (Phi) is 6.78. The first kappa shape index (κ1) is 21.8. The van der Waals surface area contributed by atoms with Crippen molar-refractivity contribution < 1.29 is 37.0 Å². The van der Waals surface area contributed by atoms with Crippen LogP contribution < -0.4 is 5.43 Å². The molecule has 7 nitrogen and oxygen atoms in total. The SMILES string of the molecule is COC(=O)C[C@@H](c1cc(F)c(F)c(F)c1)c1oc(CN2CCOCC2)cc(=O)c1O. The van der Waals surface area contributed by atoms with Gasteiger partial charge in [-0.3, -0.25) is 14.5 Å². The van der Waals surface area contributed by atoms with Gasteiger partial charge in [0.1, 0.15) is 5.76 Å². The smallest absolute Gasteiger partial charge is 0.306 e. The molecule has 0 spiro atoms. The van der Waals surface area contributed by atoms with Crippen LogP contribution in [0, 0.1) is 17.5 Å². The van der Waals surface area contributed by atoms with E-state index in [9.17, 15) is 27.9 Å². The van der Waals surface area contributed by atoms with Gasteiger partial charge >= 0.3 is 5.97 Å². The van der Waals surface area contributed by atoms with Crippen molar-refractivity contribution in [2.75, 3.05) is 33.4 Å². The summed E-state index contributed by atoms with van der Waals surface area (Å²) in [6, 6.07) is 2.47. The van der Waals surface area contributed by atoms with Gasteiger partial charge in [-0.1, -0.05) is 0 Å². The van der Waals surface area contributed by atoms with Crippen molar-refractivity contribution >= 4 is 5.97 Å². The molecule has 2 aromatic rings. The quantitative estimate of drug-likeness (QED) is 0.559. The molecule has 1 aromatic heterocycles. The number of esters is 1. The van der Waals surface area contributed by atoms with Gasteiger partial charge in [0.15, 0.2) is 23.2 Å². The summed E-state index contributed by atoms with van der Waals surface area (Å²) in [5.41, 5.74) is -0.976. The molecule has 1 N–H and O–H groups in total. The summed E-state index contributed by atoms with van der Waals surface area (Å²) in [7, 11) is 1.11. The summed E-state index contributed by atoms with van der Waals surface area (Å²) in [5.74, 6) is -7.68. The summed E-state index contributed by atoms with van der Waals surface area (Å²) in [5, 5.41) is 10.3. The van der Waals surface area contributed by atoms with Crippen LogP contribution in [-0.2, 0) is 20.8 Å². The Hall–Kier alpha value is -2.85. The first-order chi connectivity index (χ1) is 14.3. The molecular weight excluding hydrogens is 407 g/mol. The Balaban J connectivity index is 2.05. The largest absolute Gasteiger partial charge is 0.502 e. The summed E-state index contributed by atoms with van der Waals surface area (Å²) < 4.78 is 56.5. The van der Waals surface area contributed by atoms with Gasteiger partial charge in [-0.25, -0.2) is 13.2 Å². The maximum Gasteiger partial charge on any atom is 0.306 e. The molecule has 1 fully saturated rings. The van der Waals surface area contributed by atoms with Gasteiger partial charge in [0.2, 0.25) is 11.2 Å². The van der Waals surface area contributed by atoms with Crippen LogP contribution in [0.1, 0.15) is 29.4 Å². The average Bonchev–Trinajstić information content (AvgIpc) is 2.73. The normalized spacial score (nSPS) is 15.7. The summed E-state index contributed by atoms with van der Waals surface area (Å²) in [6.07, 6.45) is -0.501. The molecule has 1 aliphatic rings. The number of rotatable bonds is 6. The second-order valence-electron chi connectivity index (χ2n) is 6.81. The van der Waals surface area contributed by atoms with Crippen molar-refractivity contribution in [1.82, 2.24) is 4.90 Å². The first-order valence-corrected chi connectivity index (χ1v) is 9.17. The molecular formula is C20H20F3NO6. The highest BCUT2D eigenvalue weighted by molar-refractivity contribution is 5.71. The number of aromatic hydroxyl groups is 1. The van der Waals surface area contributed by atoms with E-state index in [0.29, 0.717) is 38.4 Å². The van der Waals surface area contributed by atoms with Crippen LogP contribution in [0.2, 0.25) is 0 Å². The monoisotopic (exact) mass is 427 g/mol. The second-order valence-corrected chi connectivity index (χ2v) is 6.81. The van der Waals surface area contributed by atoms with Crippen molar-refractivity contribution in [3.8, 4) is 5.75 Å².